The van der Waals surface area contributed by atoms with Gasteiger partial charge in [0.2, 0.25) is 0 Å². The van der Waals surface area contributed by atoms with Crippen LogP contribution in [-0.2, 0) is 12.6 Å². The van der Waals surface area contributed by atoms with Crippen molar-refractivity contribution >= 4 is 17.4 Å². The van der Waals surface area contributed by atoms with Gasteiger partial charge in [-0.3, -0.25) is 5.10 Å². The van der Waals surface area contributed by atoms with Gasteiger partial charge in [0.15, 0.2) is 0 Å². The third kappa shape index (κ3) is 4.90. The molecule has 0 bridgehead atoms. The summed E-state index contributed by atoms with van der Waals surface area (Å²) in [6, 6.07) is 8.75. The van der Waals surface area contributed by atoms with Crippen LogP contribution < -0.4 is 20.1 Å². The maximum atomic E-state index is 12.7. The van der Waals surface area contributed by atoms with Gasteiger partial charge in [-0.1, -0.05) is 6.92 Å². The van der Waals surface area contributed by atoms with E-state index in [-0.39, 0.29) is 5.69 Å². The number of aromatic amines is 1. The van der Waals surface area contributed by atoms with E-state index in [0.29, 0.717) is 40.6 Å². The van der Waals surface area contributed by atoms with E-state index in [2.05, 4.69) is 20.8 Å². The number of nitrogens with one attached hydrogen (secondary N) is 3. The van der Waals surface area contributed by atoms with E-state index in [0.717, 1.165) is 12.1 Å². The number of alkyl halides is 3. The van der Waals surface area contributed by atoms with Crippen molar-refractivity contribution < 1.29 is 27.4 Å². The zero-order valence-electron chi connectivity index (χ0n) is 17.1. The summed E-state index contributed by atoms with van der Waals surface area (Å²) in [5, 5.41) is 12.5. The summed E-state index contributed by atoms with van der Waals surface area (Å²) in [5.41, 5.74) is 1.62. The Balaban J connectivity index is 1.85. The summed E-state index contributed by atoms with van der Waals surface area (Å²) in [4.78, 5) is 12.5. The second kappa shape index (κ2) is 8.99. The largest absolute Gasteiger partial charge is 0.497 e. The Labute approximate surface area is 176 Å². The zero-order chi connectivity index (χ0) is 22.6. The number of nitrogens with zero attached hydrogens (tertiary/aromatic N) is 1. The minimum Gasteiger partial charge on any atom is -0.497 e. The fourth-order valence-electron chi connectivity index (χ4n) is 2.98. The van der Waals surface area contributed by atoms with Crippen molar-refractivity contribution in [2.75, 3.05) is 24.9 Å². The van der Waals surface area contributed by atoms with Gasteiger partial charge in [0.1, 0.15) is 17.2 Å². The minimum absolute atomic E-state index is 0.218. The topological polar surface area (TPSA) is 88.3 Å². The minimum atomic E-state index is -4.44. The lowest BCUT2D eigenvalue weighted by Gasteiger charge is -2.13. The molecule has 0 aliphatic rings. The van der Waals surface area contributed by atoms with Gasteiger partial charge in [-0.25, -0.2) is 4.79 Å². The molecule has 0 unspecified atom stereocenters. The Morgan fingerprint density at radius 3 is 2.35 bits per heavy atom. The van der Waals surface area contributed by atoms with Crippen LogP contribution in [0.2, 0.25) is 0 Å². The summed E-state index contributed by atoms with van der Waals surface area (Å²) in [6.45, 7) is 1.89. The van der Waals surface area contributed by atoms with E-state index in [1.807, 2.05) is 6.92 Å². The van der Waals surface area contributed by atoms with E-state index in [9.17, 15) is 18.0 Å². The van der Waals surface area contributed by atoms with Crippen LogP contribution in [0.1, 0.15) is 18.2 Å². The van der Waals surface area contributed by atoms with Crippen LogP contribution in [0.15, 0.2) is 42.5 Å². The molecule has 0 spiro atoms. The van der Waals surface area contributed by atoms with Crippen molar-refractivity contribution in [3.63, 3.8) is 0 Å². The Hall–Kier alpha value is -3.69. The average Bonchev–Trinajstić information content (AvgIpc) is 3.15. The first-order valence-electron chi connectivity index (χ1n) is 9.31. The lowest BCUT2D eigenvalue weighted by atomic mass is 10.1. The van der Waals surface area contributed by atoms with Gasteiger partial charge >= 0.3 is 12.2 Å². The number of hydrogen-bond donors (Lipinski definition) is 3. The highest BCUT2D eigenvalue weighted by molar-refractivity contribution is 6.02. The van der Waals surface area contributed by atoms with Gasteiger partial charge in [0.25, 0.3) is 0 Å². The van der Waals surface area contributed by atoms with Crippen molar-refractivity contribution in [2.45, 2.75) is 19.5 Å². The smallest absolute Gasteiger partial charge is 0.416 e. The standard InChI is InChI=1S/C21H21F3N4O3/c1-4-16-19(18(28-27-16)15-10-9-14(30-2)11-17(15)31-3)26-20(29)25-13-7-5-12(6-8-13)21(22,23)24/h5-11H,4H2,1-3H3,(H,27,28)(H2,25,26,29). The number of carbonyl (C=O) groups is 1. The molecule has 0 saturated carbocycles. The van der Waals surface area contributed by atoms with Gasteiger partial charge in [-0.2, -0.15) is 18.3 Å². The zero-order valence-corrected chi connectivity index (χ0v) is 17.1. The number of aromatic nitrogens is 2. The van der Waals surface area contributed by atoms with Crippen molar-refractivity contribution in [1.29, 1.82) is 0 Å². The van der Waals surface area contributed by atoms with Gasteiger partial charge in [0, 0.05) is 17.3 Å². The molecule has 0 saturated heterocycles. The number of hydrogen-bond acceptors (Lipinski definition) is 4. The van der Waals surface area contributed by atoms with Crippen molar-refractivity contribution in [3.8, 4) is 22.8 Å². The first-order valence-corrected chi connectivity index (χ1v) is 9.31. The van der Waals surface area contributed by atoms with E-state index in [4.69, 9.17) is 9.47 Å². The molecule has 2 amide bonds. The molecule has 7 nitrogen and oxygen atoms in total. The molecule has 0 radical (unpaired) electrons. The summed E-state index contributed by atoms with van der Waals surface area (Å²) in [5.74, 6) is 1.10. The predicted molar refractivity (Wildman–Crippen MR) is 111 cm³/mol. The third-order valence-electron chi connectivity index (χ3n) is 4.57. The van der Waals surface area contributed by atoms with E-state index in [1.165, 1.54) is 26.4 Å². The fourth-order valence-corrected chi connectivity index (χ4v) is 2.98. The van der Waals surface area contributed by atoms with Crippen LogP contribution in [0.5, 0.6) is 11.5 Å². The van der Waals surface area contributed by atoms with Crippen molar-refractivity contribution in [1.82, 2.24) is 10.2 Å². The number of H-pyrrole nitrogens is 1. The monoisotopic (exact) mass is 434 g/mol. The third-order valence-corrected chi connectivity index (χ3v) is 4.57. The maximum absolute atomic E-state index is 12.7. The number of rotatable bonds is 6. The number of anilines is 2. The molecule has 0 atom stereocenters. The normalized spacial score (nSPS) is 11.2. The highest BCUT2D eigenvalue weighted by Crippen LogP contribution is 2.37. The molecule has 10 heteroatoms. The summed E-state index contributed by atoms with van der Waals surface area (Å²) >= 11 is 0. The maximum Gasteiger partial charge on any atom is 0.416 e. The molecule has 1 aromatic heterocycles. The van der Waals surface area contributed by atoms with Gasteiger partial charge in [-0.15, -0.1) is 0 Å². The molecule has 164 valence electrons. The molecular weight excluding hydrogens is 413 g/mol. The molecule has 0 fully saturated rings. The number of aryl methyl sites for hydroxylation is 1. The Morgan fingerprint density at radius 2 is 1.77 bits per heavy atom. The number of benzene rings is 2. The van der Waals surface area contributed by atoms with Gasteiger partial charge < -0.3 is 20.1 Å². The Kier molecular flexibility index (Phi) is 6.38. The second-order valence-electron chi connectivity index (χ2n) is 6.50. The van der Waals surface area contributed by atoms with Crippen molar-refractivity contribution in [3.05, 3.63) is 53.7 Å². The highest BCUT2D eigenvalue weighted by Gasteiger charge is 2.30. The molecule has 2 aromatic carbocycles. The van der Waals surface area contributed by atoms with E-state index < -0.39 is 17.8 Å². The molecular formula is C21H21F3N4O3. The van der Waals surface area contributed by atoms with Crippen LogP contribution in [0.4, 0.5) is 29.3 Å². The number of urea groups is 1. The molecule has 3 N–H and O–H groups in total. The molecule has 0 aliphatic heterocycles. The van der Waals surface area contributed by atoms with Crippen molar-refractivity contribution in [2.24, 2.45) is 0 Å². The predicted octanol–water partition coefficient (Wildman–Crippen LogP) is 5.32. The fraction of sp³-hybridized carbons (Fsp3) is 0.238. The number of halogens is 3. The molecule has 3 rings (SSSR count). The van der Waals surface area contributed by atoms with Crippen LogP contribution >= 0.6 is 0 Å². The number of carbonyl (C=O) groups excluding carboxylic acids is 1. The van der Waals surface area contributed by atoms with E-state index in [1.54, 1.807) is 18.2 Å². The van der Waals surface area contributed by atoms with Crippen LogP contribution in [-0.4, -0.2) is 30.4 Å². The Bertz CT molecular complexity index is 1060. The number of ether oxygens (including phenoxy) is 2. The van der Waals surface area contributed by atoms with Crippen LogP contribution in [0.3, 0.4) is 0 Å². The molecule has 3 aromatic rings. The molecule has 31 heavy (non-hydrogen) atoms. The lowest BCUT2D eigenvalue weighted by molar-refractivity contribution is -0.137. The summed E-state index contributed by atoms with van der Waals surface area (Å²) < 4.78 is 48.7. The molecule has 1 heterocycles. The summed E-state index contributed by atoms with van der Waals surface area (Å²) in [7, 11) is 3.05. The summed E-state index contributed by atoms with van der Waals surface area (Å²) in [6.07, 6.45) is -3.89. The Morgan fingerprint density at radius 1 is 1.06 bits per heavy atom. The lowest BCUT2D eigenvalue weighted by Crippen LogP contribution is -2.20. The van der Waals surface area contributed by atoms with E-state index >= 15 is 0 Å². The first-order chi connectivity index (χ1) is 14.8. The average molecular weight is 434 g/mol. The van der Waals surface area contributed by atoms with Gasteiger partial charge in [0.05, 0.1) is 31.2 Å². The van der Waals surface area contributed by atoms with Crippen LogP contribution in [0.25, 0.3) is 11.3 Å². The highest BCUT2D eigenvalue weighted by atomic mass is 19.4. The quantitative estimate of drug-likeness (QED) is 0.490. The first kappa shape index (κ1) is 22.0. The SMILES string of the molecule is CCc1[nH]nc(-c2ccc(OC)cc2OC)c1NC(=O)Nc1ccc(C(F)(F)F)cc1. The second-order valence-corrected chi connectivity index (χ2v) is 6.50. The van der Waals surface area contributed by atoms with Gasteiger partial charge in [-0.05, 0) is 42.8 Å². The number of amides is 2. The number of methoxy groups -OCH3 is 2. The molecule has 0 aliphatic carbocycles. The van der Waals surface area contributed by atoms with Crippen LogP contribution in [0, 0.1) is 0 Å².